The van der Waals surface area contributed by atoms with Crippen molar-refractivity contribution in [3.05, 3.63) is 5.21 Å². The minimum Gasteiger partial charge on any atom is -0.632 e. The molecule has 1 saturated heterocycles. The fraction of sp³-hybridized carbons (Fsp3) is 1.00. The molecule has 0 aromatic rings. The van der Waals surface area contributed by atoms with Crippen LogP contribution in [0.25, 0.3) is 0 Å². The molecule has 0 aromatic carbocycles. The van der Waals surface area contributed by atoms with Crippen molar-refractivity contribution in [2.45, 2.75) is 19.9 Å². The quantitative estimate of drug-likeness (QED) is 0.408. The normalized spacial score (nSPS) is 36.0. The van der Waals surface area contributed by atoms with E-state index in [0.717, 1.165) is 13.1 Å². The van der Waals surface area contributed by atoms with Gasteiger partial charge in [-0.2, -0.15) is 0 Å². The van der Waals surface area contributed by atoms with E-state index in [0.29, 0.717) is 6.67 Å². The highest BCUT2D eigenvalue weighted by Crippen LogP contribution is 2.12. The Bertz CT molecular complexity index is 97.2. The average Bonchev–Trinajstić information content (AvgIpc) is 2.16. The van der Waals surface area contributed by atoms with Crippen molar-refractivity contribution in [1.82, 2.24) is 5.32 Å². The first-order chi connectivity index (χ1) is 4.15. The monoisotopic (exact) mass is 130 g/mol. The number of hydrogen-bond acceptors (Lipinski definition) is 2. The SMILES string of the molecule is CC(C)[N+]1([O-])CCNC1. The summed E-state index contributed by atoms with van der Waals surface area (Å²) in [5.74, 6) is 0. The van der Waals surface area contributed by atoms with E-state index in [1.54, 1.807) is 0 Å². The molecule has 1 atom stereocenters. The first-order valence-electron chi connectivity index (χ1n) is 3.44. The van der Waals surface area contributed by atoms with Gasteiger partial charge in [-0.3, -0.25) is 5.32 Å². The van der Waals surface area contributed by atoms with Crippen molar-refractivity contribution in [2.75, 3.05) is 19.8 Å². The largest absolute Gasteiger partial charge is 0.632 e. The Morgan fingerprint density at radius 1 is 1.56 bits per heavy atom. The highest BCUT2D eigenvalue weighted by molar-refractivity contribution is 4.57. The second kappa shape index (κ2) is 2.25. The Hall–Kier alpha value is -0.120. The van der Waals surface area contributed by atoms with E-state index in [-0.39, 0.29) is 10.7 Å². The number of nitrogens with zero attached hydrogens (tertiary/aromatic N) is 1. The van der Waals surface area contributed by atoms with Crippen LogP contribution in [0.3, 0.4) is 0 Å². The van der Waals surface area contributed by atoms with E-state index in [1.165, 1.54) is 0 Å². The van der Waals surface area contributed by atoms with Crippen LogP contribution in [-0.2, 0) is 0 Å². The number of rotatable bonds is 1. The Morgan fingerprint density at radius 2 is 2.22 bits per heavy atom. The highest BCUT2D eigenvalue weighted by Gasteiger charge is 2.24. The molecule has 0 radical (unpaired) electrons. The van der Waals surface area contributed by atoms with Crippen LogP contribution < -0.4 is 5.32 Å². The van der Waals surface area contributed by atoms with Crippen LogP contribution in [0.15, 0.2) is 0 Å². The van der Waals surface area contributed by atoms with Crippen LogP contribution in [0.1, 0.15) is 13.8 Å². The van der Waals surface area contributed by atoms with Gasteiger partial charge in [0.2, 0.25) is 0 Å². The van der Waals surface area contributed by atoms with E-state index in [1.807, 2.05) is 13.8 Å². The minimum atomic E-state index is -0.0556. The smallest absolute Gasteiger partial charge is 0.132 e. The Kier molecular flexibility index (Phi) is 1.75. The molecule has 1 N–H and O–H groups in total. The van der Waals surface area contributed by atoms with Crippen molar-refractivity contribution in [1.29, 1.82) is 0 Å². The molecule has 0 amide bonds. The average molecular weight is 130 g/mol. The molecule has 3 nitrogen and oxygen atoms in total. The van der Waals surface area contributed by atoms with Crippen molar-refractivity contribution < 1.29 is 4.65 Å². The Morgan fingerprint density at radius 3 is 2.44 bits per heavy atom. The van der Waals surface area contributed by atoms with Crippen molar-refractivity contribution in [3.63, 3.8) is 0 Å². The van der Waals surface area contributed by atoms with Gasteiger partial charge in [-0.25, -0.2) is 0 Å². The summed E-state index contributed by atoms with van der Waals surface area (Å²) in [7, 11) is 0. The molecule has 1 rings (SSSR count). The molecular formula is C6H14N2O. The van der Waals surface area contributed by atoms with Gasteiger partial charge >= 0.3 is 0 Å². The summed E-state index contributed by atoms with van der Waals surface area (Å²) < 4.78 is -0.0556. The van der Waals surface area contributed by atoms with Gasteiger partial charge in [0.25, 0.3) is 0 Å². The van der Waals surface area contributed by atoms with Crippen molar-refractivity contribution in [2.24, 2.45) is 0 Å². The maximum Gasteiger partial charge on any atom is 0.132 e. The summed E-state index contributed by atoms with van der Waals surface area (Å²) in [5, 5.41) is 14.5. The van der Waals surface area contributed by atoms with Gasteiger partial charge in [-0.15, -0.1) is 0 Å². The molecule has 1 fully saturated rings. The molecular weight excluding hydrogens is 116 g/mol. The molecule has 0 saturated carbocycles. The summed E-state index contributed by atoms with van der Waals surface area (Å²) in [4.78, 5) is 0. The van der Waals surface area contributed by atoms with E-state index < -0.39 is 0 Å². The third kappa shape index (κ3) is 1.23. The first-order valence-corrected chi connectivity index (χ1v) is 3.44. The van der Waals surface area contributed by atoms with Crippen LogP contribution in [0.4, 0.5) is 0 Å². The maximum atomic E-state index is 11.5. The van der Waals surface area contributed by atoms with Gasteiger partial charge in [-0.1, -0.05) is 0 Å². The lowest BCUT2D eigenvalue weighted by Crippen LogP contribution is -2.46. The second-order valence-corrected chi connectivity index (χ2v) is 2.93. The molecule has 0 aliphatic carbocycles. The third-order valence-corrected chi connectivity index (χ3v) is 1.99. The van der Waals surface area contributed by atoms with Gasteiger partial charge in [0, 0.05) is 0 Å². The zero-order chi connectivity index (χ0) is 6.91. The van der Waals surface area contributed by atoms with Crippen molar-refractivity contribution >= 4 is 0 Å². The molecule has 54 valence electrons. The molecule has 1 aliphatic heterocycles. The molecule has 0 bridgehead atoms. The predicted octanol–water partition coefficient (Wildman–Crippen LogP) is 0.270. The highest BCUT2D eigenvalue weighted by atomic mass is 16.6. The molecule has 9 heavy (non-hydrogen) atoms. The summed E-state index contributed by atoms with van der Waals surface area (Å²) >= 11 is 0. The van der Waals surface area contributed by atoms with Gasteiger partial charge in [-0.05, 0) is 13.8 Å². The lowest BCUT2D eigenvalue weighted by atomic mass is 10.3. The molecule has 1 heterocycles. The molecule has 1 unspecified atom stereocenters. The predicted molar refractivity (Wildman–Crippen MR) is 36.5 cm³/mol. The van der Waals surface area contributed by atoms with Crippen LogP contribution >= 0.6 is 0 Å². The van der Waals surface area contributed by atoms with E-state index >= 15 is 0 Å². The fourth-order valence-electron chi connectivity index (χ4n) is 1.06. The molecule has 0 aromatic heterocycles. The molecule has 0 spiro atoms. The second-order valence-electron chi connectivity index (χ2n) is 2.93. The van der Waals surface area contributed by atoms with Gasteiger partial charge in [0.15, 0.2) is 0 Å². The zero-order valence-corrected chi connectivity index (χ0v) is 6.05. The van der Waals surface area contributed by atoms with E-state index in [4.69, 9.17) is 0 Å². The number of nitrogens with one attached hydrogen (secondary N) is 1. The van der Waals surface area contributed by atoms with Gasteiger partial charge in [0.05, 0.1) is 19.1 Å². The van der Waals surface area contributed by atoms with Crippen LogP contribution in [0.5, 0.6) is 0 Å². The lowest BCUT2D eigenvalue weighted by molar-refractivity contribution is -0.890. The number of hydrogen-bond donors (Lipinski definition) is 1. The minimum absolute atomic E-state index is 0.0556. The van der Waals surface area contributed by atoms with Crippen LogP contribution in [-0.4, -0.2) is 30.4 Å². The van der Waals surface area contributed by atoms with E-state index in [9.17, 15) is 5.21 Å². The standard InChI is InChI=1S/C6H14N2O/c1-6(2)8(9)4-3-7-5-8/h6-7H,3-5H2,1-2H3. The Balaban J connectivity index is 2.51. The Labute approximate surface area is 55.8 Å². The number of hydroxylamine groups is 3. The zero-order valence-electron chi connectivity index (χ0n) is 6.05. The van der Waals surface area contributed by atoms with Crippen LogP contribution in [0.2, 0.25) is 0 Å². The van der Waals surface area contributed by atoms with Gasteiger partial charge < -0.3 is 9.85 Å². The fourth-order valence-corrected chi connectivity index (χ4v) is 1.06. The molecule has 3 heteroatoms. The third-order valence-electron chi connectivity index (χ3n) is 1.99. The summed E-state index contributed by atoms with van der Waals surface area (Å²) in [5.41, 5.74) is 0. The summed E-state index contributed by atoms with van der Waals surface area (Å²) in [6.45, 7) is 6.15. The summed E-state index contributed by atoms with van der Waals surface area (Å²) in [6, 6.07) is 0.208. The maximum absolute atomic E-state index is 11.5. The first kappa shape index (κ1) is 6.99. The van der Waals surface area contributed by atoms with Crippen LogP contribution in [0, 0.1) is 5.21 Å². The van der Waals surface area contributed by atoms with Crippen molar-refractivity contribution in [3.8, 4) is 0 Å². The molecule has 1 aliphatic rings. The summed E-state index contributed by atoms with van der Waals surface area (Å²) in [6.07, 6.45) is 0. The van der Waals surface area contributed by atoms with Gasteiger partial charge in [0.1, 0.15) is 6.67 Å². The van der Waals surface area contributed by atoms with E-state index in [2.05, 4.69) is 5.32 Å². The number of quaternary nitrogens is 1. The lowest BCUT2D eigenvalue weighted by Gasteiger charge is -2.41. The topological polar surface area (TPSA) is 35.1 Å².